The molecule has 1 nitrogen and oxygen atoms in total. The quantitative estimate of drug-likeness (QED) is 0.702. The van der Waals surface area contributed by atoms with Crippen LogP contribution in [0.4, 0.5) is 0 Å². The fraction of sp³-hybridized carbons (Fsp3) is 1.00. The average molecular weight is 218 g/mol. The van der Waals surface area contributed by atoms with Gasteiger partial charge in [-0.15, -0.1) is 0 Å². The van der Waals surface area contributed by atoms with Crippen LogP contribution in [0.3, 0.4) is 0 Å². The minimum Gasteiger partial charge on any atom is -0.393 e. The molecule has 0 radical (unpaired) electrons. The lowest BCUT2D eigenvalue weighted by atomic mass is 9.95. The van der Waals surface area contributed by atoms with Gasteiger partial charge in [0.15, 0.2) is 0 Å². The maximum Gasteiger partial charge on any atom is 0.0565 e. The van der Waals surface area contributed by atoms with Gasteiger partial charge in [-0.25, -0.2) is 0 Å². The van der Waals surface area contributed by atoms with E-state index in [1.807, 2.05) is 6.92 Å². The van der Waals surface area contributed by atoms with E-state index in [2.05, 4.69) is 41.5 Å². The molecule has 1 atom stereocenters. The maximum absolute atomic E-state index is 9.32. The van der Waals surface area contributed by atoms with Gasteiger partial charge in [-0.3, -0.25) is 0 Å². The van der Waals surface area contributed by atoms with Crippen molar-refractivity contribution >= 4 is 0 Å². The first-order chi connectivity index (χ1) is 7.09. The Morgan fingerprint density at radius 1 is 0.667 bits per heavy atom. The van der Waals surface area contributed by atoms with Crippen LogP contribution in [0.15, 0.2) is 0 Å². The van der Waals surface area contributed by atoms with Crippen LogP contribution in [-0.4, -0.2) is 11.2 Å². The molecule has 1 N–H and O–H groups in total. The zero-order valence-corrected chi connectivity index (χ0v) is 12.1. The van der Waals surface area contributed by atoms with Gasteiger partial charge in [0.1, 0.15) is 0 Å². The van der Waals surface area contributed by atoms with Gasteiger partial charge in [-0.2, -0.15) is 0 Å². The summed E-state index contributed by atoms with van der Waals surface area (Å²) in [6.07, 6.45) is 5.53. The Kier molecular flexibility index (Phi) is 26.5. The van der Waals surface area contributed by atoms with E-state index in [-0.39, 0.29) is 6.10 Å². The highest BCUT2D eigenvalue weighted by Gasteiger charge is 2.11. The molecule has 0 aromatic rings. The van der Waals surface area contributed by atoms with E-state index in [0.717, 1.165) is 19.3 Å². The molecule has 1 heteroatoms. The highest BCUT2D eigenvalue weighted by Crippen LogP contribution is 2.14. The summed E-state index contributed by atoms with van der Waals surface area (Å²) in [6.45, 7) is 14.8. The second kappa shape index (κ2) is 19.5. The van der Waals surface area contributed by atoms with Gasteiger partial charge in [0.2, 0.25) is 0 Å². The predicted octanol–water partition coefficient (Wildman–Crippen LogP) is 5.03. The second-order valence-corrected chi connectivity index (χ2v) is 3.97. The normalized spacial score (nSPS) is 11.0. The number of rotatable bonds is 4. The predicted molar refractivity (Wildman–Crippen MR) is 72.3 cm³/mol. The van der Waals surface area contributed by atoms with Gasteiger partial charge in [-0.1, -0.05) is 74.1 Å². The molecule has 15 heavy (non-hydrogen) atoms. The molecule has 0 aromatic carbocycles. The zero-order valence-electron chi connectivity index (χ0n) is 12.1. The largest absolute Gasteiger partial charge is 0.393 e. The lowest BCUT2D eigenvalue weighted by Gasteiger charge is -2.17. The molecule has 0 aliphatic carbocycles. The van der Waals surface area contributed by atoms with E-state index >= 15 is 0 Å². The molecule has 0 heterocycles. The molecular formula is C14H34O. The first-order valence-corrected chi connectivity index (χ1v) is 6.77. The van der Waals surface area contributed by atoms with Crippen LogP contribution >= 0.6 is 0 Å². The third kappa shape index (κ3) is 20.1. The van der Waals surface area contributed by atoms with Crippen LogP contribution in [0.25, 0.3) is 0 Å². The molecule has 0 aliphatic heterocycles. The number of aliphatic hydroxyl groups is 1. The minimum atomic E-state index is -0.0694. The average Bonchev–Trinajstić information content (AvgIpc) is 2.21. The first kappa shape index (κ1) is 20.4. The Balaban J connectivity index is -0.000000200. The molecule has 0 aromatic heterocycles. The van der Waals surface area contributed by atoms with Crippen LogP contribution in [0.2, 0.25) is 0 Å². The van der Waals surface area contributed by atoms with E-state index in [0.29, 0.717) is 5.92 Å². The number of hydrogen-bond acceptors (Lipinski definition) is 1. The molecule has 0 saturated carbocycles. The molecular weight excluding hydrogens is 184 g/mol. The molecule has 0 rings (SSSR count). The van der Waals surface area contributed by atoms with Gasteiger partial charge in [0.05, 0.1) is 6.10 Å². The van der Waals surface area contributed by atoms with Crippen molar-refractivity contribution in [2.45, 2.75) is 86.7 Å². The van der Waals surface area contributed by atoms with Crippen molar-refractivity contribution in [1.29, 1.82) is 0 Å². The fourth-order valence-electron chi connectivity index (χ4n) is 1.17. The summed E-state index contributed by atoms with van der Waals surface area (Å²) in [7, 11) is 0. The van der Waals surface area contributed by atoms with E-state index in [4.69, 9.17) is 0 Å². The van der Waals surface area contributed by atoms with Crippen LogP contribution in [0, 0.1) is 5.92 Å². The van der Waals surface area contributed by atoms with Gasteiger partial charge < -0.3 is 5.11 Å². The summed E-state index contributed by atoms with van der Waals surface area (Å²) in [4.78, 5) is 0. The number of aliphatic hydroxyl groups excluding tert-OH is 1. The van der Waals surface area contributed by atoms with Crippen LogP contribution in [0.1, 0.15) is 80.6 Å². The van der Waals surface area contributed by atoms with Gasteiger partial charge in [0, 0.05) is 0 Å². The third-order valence-corrected chi connectivity index (χ3v) is 2.01. The molecule has 0 aliphatic rings. The van der Waals surface area contributed by atoms with E-state index < -0.39 is 0 Å². The Hall–Kier alpha value is -0.0400. The maximum atomic E-state index is 9.32. The topological polar surface area (TPSA) is 20.2 Å². The van der Waals surface area contributed by atoms with Crippen molar-refractivity contribution in [3.8, 4) is 0 Å². The Morgan fingerprint density at radius 3 is 1.00 bits per heavy atom. The Bertz CT molecular complexity index is 75.4. The molecule has 0 fully saturated rings. The summed E-state index contributed by atoms with van der Waals surface area (Å²) in [5, 5.41) is 9.32. The summed E-state index contributed by atoms with van der Waals surface area (Å²) >= 11 is 0. The van der Waals surface area contributed by atoms with Crippen molar-refractivity contribution < 1.29 is 5.11 Å². The van der Waals surface area contributed by atoms with E-state index in [9.17, 15) is 5.11 Å². The summed E-state index contributed by atoms with van der Waals surface area (Å²) in [6, 6.07) is 0. The molecule has 0 spiro atoms. The molecule has 0 bridgehead atoms. The van der Waals surface area contributed by atoms with Crippen molar-refractivity contribution in [1.82, 2.24) is 0 Å². The Morgan fingerprint density at radius 2 is 0.933 bits per heavy atom. The molecule has 1 unspecified atom stereocenters. The monoisotopic (exact) mass is 218 g/mol. The van der Waals surface area contributed by atoms with E-state index in [1.165, 1.54) is 12.8 Å². The molecule has 96 valence electrons. The first-order valence-electron chi connectivity index (χ1n) is 6.77. The minimum absolute atomic E-state index is 0.0694. The summed E-state index contributed by atoms with van der Waals surface area (Å²) in [5.74, 6) is 0.523. The smallest absolute Gasteiger partial charge is 0.0565 e. The summed E-state index contributed by atoms with van der Waals surface area (Å²) in [5.41, 5.74) is 0. The highest BCUT2D eigenvalue weighted by molar-refractivity contribution is 4.63. The van der Waals surface area contributed by atoms with E-state index in [1.54, 1.807) is 0 Å². The molecule has 0 saturated heterocycles. The lowest BCUT2D eigenvalue weighted by Crippen LogP contribution is -2.17. The Labute approximate surface area is 98.3 Å². The summed E-state index contributed by atoms with van der Waals surface area (Å²) < 4.78 is 0. The zero-order chi connectivity index (χ0) is 12.7. The SMILES string of the molecule is CCC.CCC.CCC(O)C(CC)CC. The van der Waals surface area contributed by atoms with Crippen LogP contribution in [0.5, 0.6) is 0 Å². The van der Waals surface area contributed by atoms with Crippen LogP contribution in [-0.2, 0) is 0 Å². The van der Waals surface area contributed by atoms with Crippen molar-refractivity contribution in [3.63, 3.8) is 0 Å². The fourth-order valence-corrected chi connectivity index (χ4v) is 1.17. The third-order valence-electron chi connectivity index (χ3n) is 2.01. The van der Waals surface area contributed by atoms with Crippen molar-refractivity contribution in [2.24, 2.45) is 5.92 Å². The second-order valence-electron chi connectivity index (χ2n) is 3.97. The van der Waals surface area contributed by atoms with Gasteiger partial charge in [-0.05, 0) is 12.3 Å². The number of hydrogen-bond donors (Lipinski definition) is 1. The lowest BCUT2D eigenvalue weighted by molar-refractivity contribution is 0.0990. The molecule has 0 amide bonds. The van der Waals surface area contributed by atoms with Crippen molar-refractivity contribution in [2.75, 3.05) is 0 Å². The highest BCUT2D eigenvalue weighted by atomic mass is 16.3. The standard InChI is InChI=1S/C8H18O.2C3H8/c1-4-7(5-2)8(9)6-3;2*1-3-2/h7-9H,4-6H2,1-3H3;2*3H2,1-2H3. The van der Waals surface area contributed by atoms with Gasteiger partial charge >= 0.3 is 0 Å². The van der Waals surface area contributed by atoms with Crippen LogP contribution < -0.4 is 0 Å². The van der Waals surface area contributed by atoms with Gasteiger partial charge in [0.25, 0.3) is 0 Å². The van der Waals surface area contributed by atoms with Crippen molar-refractivity contribution in [3.05, 3.63) is 0 Å².